The van der Waals surface area contributed by atoms with Gasteiger partial charge in [-0.3, -0.25) is 10.1 Å². The molecule has 0 aliphatic carbocycles. The van der Waals surface area contributed by atoms with Crippen LogP contribution >= 0.6 is 11.3 Å². The van der Waals surface area contributed by atoms with Gasteiger partial charge in [0.25, 0.3) is 0 Å². The number of hydrogen-bond acceptors (Lipinski definition) is 5. The van der Waals surface area contributed by atoms with Crippen molar-refractivity contribution < 1.29 is 9.53 Å². The fraction of sp³-hybridized carbons (Fsp3) is 0.467. The number of nitrogens with zero attached hydrogens (tertiary/aromatic N) is 1. The molecule has 0 radical (unpaired) electrons. The maximum absolute atomic E-state index is 11.7. The first kappa shape index (κ1) is 14.9. The molecule has 1 aromatic carbocycles. The van der Waals surface area contributed by atoms with E-state index >= 15 is 0 Å². The normalized spacial score (nSPS) is 13.4. The zero-order valence-corrected chi connectivity index (χ0v) is 13.1. The SMILES string of the molecule is CC(NCC(=O)OC(C)(C)C)c1nc2ccccc2s1. The lowest BCUT2D eigenvalue weighted by molar-refractivity contribution is -0.153. The van der Waals surface area contributed by atoms with E-state index in [4.69, 9.17) is 4.74 Å². The van der Waals surface area contributed by atoms with Gasteiger partial charge in [0.1, 0.15) is 10.6 Å². The standard InChI is InChI=1S/C15H20N2O2S/c1-10(16-9-13(18)19-15(2,3)4)14-17-11-7-5-6-8-12(11)20-14/h5-8,10,16H,9H2,1-4H3. The van der Waals surface area contributed by atoms with E-state index in [-0.39, 0.29) is 18.6 Å². The van der Waals surface area contributed by atoms with Crippen molar-refractivity contribution in [1.82, 2.24) is 10.3 Å². The van der Waals surface area contributed by atoms with Crippen LogP contribution < -0.4 is 5.32 Å². The summed E-state index contributed by atoms with van der Waals surface area (Å²) in [7, 11) is 0. The van der Waals surface area contributed by atoms with Gasteiger partial charge < -0.3 is 4.74 Å². The molecule has 0 aliphatic heterocycles. The Labute approximate surface area is 123 Å². The van der Waals surface area contributed by atoms with Crippen LogP contribution in [0.1, 0.15) is 38.7 Å². The van der Waals surface area contributed by atoms with E-state index in [1.54, 1.807) is 11.3 Å². The predicted molar refractivity (Wildman–Crippen MR) is 81.9 cm³/mol. The second kappa shape index (κ2) is 5.89. The van der Waals surface area contributed by atoms with Crippen LogP contribution in [0.2, 0.25) is 0 Å². The zero-order chi connectivity index (χ0) is 14.8. The van der Waals surface area contributed by atoms with Crippen LogP contribution in [0, 0.1) is 0 Å². The maximum Gasteiger partial charge on any atom is 0.320 e. The number of thiazole rings is 1. The first-order chi connectivity index (χ1) is 9.35. The Morgan fingerprint density at radius 3 is 2.75 bits per heavy atom. The molecule has 1 heterocycles. The van der Waals surface area contributed by atoms with Gasteiger partial charge in [-0.05, 0) is 39.8 Å². The lowest BCUT2D eigenvalue weighted by Gasteiger charge is -2.20. The Balaban J connectivity index is 1.95. The minimum atomic E-state index is -0.447. The van der Waals surface area contributed by atoms with Crippen molar-refractivity contribution in [2.75, 3.05) is 6.54 Å². The molecule has 0 fully saturated rings. The van der Waals surface area contributed by atoms with E-state index in [0.717, 1.165) is 15.2 Å². The number of aromatic nitrogens is 1. The number of carbonyl (C=O) groups excluding carboxylic acids is 1. The molecule has 4 nitrogen and oxygen atoms in total. The molecule has 20 heavy (non-hydrogen) atoms. The number of ether oxygens (including phenoxy) is 1. The van der Waals surface area contributed by atoms with Crippen molar-refractivity contribution in [3.8, 4) is 0 Å². The molecule has 0 aliphatic rings. The monoisotopic (exact) mass is 292 g/mol. The number of hydrogen-bond donors (Lipinski definition) is 1. The number of nitrogens with one attached hydrogen (secondary N) is 1. The third kappa shape index (κ3) is 4.02. The number of benzene rings is 1. The third-order valence-electron chi connectivity index (χ3n) is 2.65. The number of carbonyl (C=O) groups is 1. The molecule has 5 heteroatoms. The topological polar surface area (TPSA) is 51.2 Å². The third-order valence-corrected chi connectivity index (χ3v) is 3.87. The molecule has 2 aromatic rings. The Hall–Kier alpha value is -1.46. The largest absolute Gasteiger partial charge is 0.459 e. The summed E-state index contributed by atoms with van der Waals surface area (Å²) in [5, 5.41) is 4.14. The molecule has 0 spiro atoms. The lowest BCUT2D eigenvalue weighted by Crippen LogP contribution is -2.32. The highest BCUT2D eigenvalue weighted by Gasteiger charge is 2.18. The molecule has 0 bridgehead atoms. The summed E-state index contributed by atoms with van der Waals surface area (Å²) in [6.45, 7) is 7.78. The first-order valence-electron chi connectivity index (χ1n) is 6.66. The molecular weight excluding hydrogens is 272 g/mol. The molecule has 0 saturated heterocycles. The van der Waals surface area contributed by atoms with Crippen molar-refractivity contribution in [1.29, 1.82) is 0 Å². The van der Waals surface area contributed by atoms with Crippen LogP contribution in [-0.2, 0) is 9.53 Å². The van der Waals surface area contributed by atoms with Crippen molar-refractivity contribution >= 4 is 27.5 Å². The van der Waals surface area contributed by atoms with Crippen LogP contribution in [0.25, 0.3) is 10.2 Å². The summed E-state index contributed by atoms with van der Waals surface area (Å²) < 4.78 is 6.43. The number of fused-ring (bicyclic) bond motifs is 1. The van der Waals surface area contributed by atoms with Crippen molar-refractivity contribution in [2.24, 2.45) is 0 Å². The molecule has 0 amide bonds. The zero-order valence-electron chi connectivity index (χ0n) is 12.3. The smallest absolute Gasteiger partial charge is 0.320 e. The Morgan fingerprint density at radius 2 is 2.10 bits per heavy atom. The van der Waals surface area contributed by atoms with Crippen molar-refractivity contribution in [3.05, 3.63) is 29.3 Å². The van der Waals surface area contributed by atoms with E-state index in [0.29, 0.717) is 0 Å². The quantitative estimate of drug-likeness (QED) is 0.879. The summed E-state index contributed by atoms with van der Waals surface area (Å²) in [6, 6.07) is 8.06. The Morgan fingerprint density at radius 1 is 1.40 bits per heavy atom. The molecule has 1 atom stereocenters. The van der Waals surface area contributed by atoms with Gasteiger partial charge >= 0.3 is 5.97 Å². The van der Waals surface area contributed by atoms with Gasteiger partial charge in [0.15, 0.2) is 0 Å². The van der Waals surface area contributed by atoms with Crippen LogP contribution in [0.4, 0.5) is 0 Å². The number of rotatable bonds is 4. The highest BCUT2D eigenvalue weighted by atomic mass is 32.1. The van der Waals surface area contributed by atoms with Crippen LogP contribution in [-0.4, -0.2) is 23.1 Å². The van der Waals surface area contributed by atoms with Gasteiger partial charge in [0.05, 0.1) is 22.8 Å². The number of esters is 1. The highest BCUT2D eigenvalue weighted by Crippen LogP contribution is 2.25. The predicted octanol–water partition coefficient (Wildman–Crippen LogP) is 3.29. The summed E-state index contributed by atoms with van der Waals surface area (Å²) in [4.78, 5) is 16.2. The van der Waals surface area contributed by atoms with E-state index in [1.165, 1.54) is 0 Å². The summed E-state index contributed by atoms with van der Waals surface area (Å²) in [5.74, 6) is -0.245. The minimum absolute atomic E-state index is 0.0277. The van der Waals surface area contributed by atoms with Crippen molar-refractivity contribution in [2.45, 2.75) is 39.3 Å². The summed E-state index contributed by atoms with van der Waals surface area (Å²) >= 11 is 1.64. The molecule has 1 unspecified atom stereocenters. The molecule has 108 valence electrons. The summed E-state index contributed by atoms with van der Waals surface area (Å²) in [6.07, 6.45) is 0. The van der Waals surface area contributed by atoms with Crippen LogP contribution in [0.3, 0.4) is 0 Å². The fourth-order valence-corrected chi connectivity index (χ4v) is 2.77. The molecule has 1 N–H and O–H groups in total. The number of para-hydroxylation sites is 1. The molecule has 0 saturated carbocycles. The lowest BCUT2D eigenvalue weighted by atomic mass is 10.2. The van der Waals surface area contributed by atoms with Crippen LogP contribution in [0.15, 0.2) is 24.3 Å². The van der Waals surface area contributed by atoms with Crippen LogP contribution in [0.5, 0.6) is 0 Å². The summed E-state index contributed by atoms with van der Waals surface area (Å²) in [5.41, 5.74) is 0.552. The second-order valence-electron chi connectivity index (χ2n) is 5.71. The average molecular weight is 292 g/mol. The van der Waals surface area contributed by atoms with E-state index in [2.05, 4.69) is 16.4 Å². The molecular formula is C15H20N2O2S. The van der Waals surface area contributed by atoms with E-state index in [9.17, 15) is 4.79 Å². The second-order valence-corrected chi connectivity index (χ2v) is 6.77. The fourth-order valence-electron chi connectivity index (χ4n) is 1.78. The van der Waals surface area contributed by atoms with Gasteiger partial charge in [-0.1, -0.05) is 12.1 Å². The van der Waals surface area contributed by atoms with Crippen molar-refractivity contribution in [3.63, 3.8) is 0 Å². The highest BCUT2D eigenvalue weighted by molar-refractivity contribution is 7.18. The Kier molecular flexibility index (Phi) is 4.40. The molecule has 2 rings (SSSR count). The van der Waals surface area contributed by atoms with Gasteiger partial charge in [-0.2, -0.15) is 0 Å². The van der Waals surface area contributed by atoms with E-state index in [1.807, 2.05) is 45.9 Å². The van der Waals surface area contributed by atoms with Gasteiger partial charge in [0.2, 0.25) is 0 Å². The van der Waals surface area contributed by atoms with Gasteiger partial charge in [0, 0.05) is 0 Å². The Bertz CT molecular complexity index is 568. The minimum Gasteiger partial charge on any atom is -0.459 e. The van der Waals surface area contributed by atoms with Gasteiger partial charge in [-0.25, -0.2) is 4.98 Å². The average Bonchev–Trinajstić information content (AvgIpc) is 2.77. The molecule has 1 aromatic heterocycles. The van der Waals surface area contributed by atoms with E-state index < -0.39 is 5.60 Å². The van der Waals surface area contributed by atoms with Gasteiger partial charge in [-0.15, -0.1) is 11.3 Å². The first-order valence-corrected chi connectivity index (χ1v) is 7.47. The maximum atomic E-state index is 11.7.